The third-order valence-electron chi connectivity index (χ3n) is 2.74. The normalized spacial score (nSPS) is 28.4. The molecule has 1 saturated heterocycles. The van der Waals surface area contributed by atoms with Gasteiger partial charge in [0.2, 0.25) is 9.84 Å². The van der Waals surface area contributed by atoms with Crippen LogP contribution in [0.1, 0.15) is 20.3 Å². The number of sulfone groups is 1. The molecule has 2 rings (SSSR count). The summed E-state index contributed by atoms with van der Waals surface area (Å²) in [7, 11) is -4.05. The van der Waals surface area contributed by atoms with Crippen LogP contribution in [0, 0.1) is 5.92 Å². The van der Waals surface area contributed by atoms with Gasteiger partial charge in [0.15, 0.2) is 0 Å². The van der Waals surface area contributed by atoms with Gasteiger partial charge in [0.1, 0.15) is 6.10 Å². The Morgan fingerprint density at radius 3 is 2.47 bits per heavy atom. The lowest BCUT2D eigenvalue weighted by molar-refractivity contribution is 0.218. The molecule has 0 aliphatic carbocycles. The first-order valence-corrected chi connectivity index (χ1v) is 7.02. The summed E-state index contributed by atoms with van der Waals surface area (Å²) in [6, 6.07) is 7.57. The Balaban J connectivity index is 2.25. The van der Waals surface area contributed by atoms with Crippen LogP contribution in [-0.2, 0) is 14.6 Å². The van der Waals surface area contributed by atoms with E-state index in [9.17, 15) is 12.8 Å². The molecule has 1 aliphatic heterocycles. The second-order valence-corrected chi connectivity index (χ2v) is 6.67. The van der Waals surface area contributed by atoms with E-state index >= 15 is 0 Å². The van der Waals surface area contributed by atoms with Crippen molar-refractivity contribution in [3.8, 4) is 0 Å². The molecular weight excluding hydrogens is 243 g/mol. The average Bonchev–Trinajstić information content (AvgIpc) is 2.91. The summed E-state index contributed by atoms with van der Waals surface area (Å²) in [6.07, 6.45) is -0.435. The number of epoxide rings is 1. The molecule has 1 heterocycles. The fourth-order valence-corrected chi connectivity index (χ4v) is 3.30. The van der Waals surface area contributed by atoms with Gasteiger partial charge in [-0.3, -0.25) is 0 Å². The Morgan fingerprint density at radius 1 is 1.35 bits per heavy atom. The predicted octanol–water partition coefficient (Wildman–Crippen LogP) is 2.53. The smallest absolute Gasteiger partial charge is 0.321 e. The molecule has 2 atom stereocenters. The van der Waals surface area contributed by atoms with Crippen LogP contribution < -0.4 is 0 Å². The molecule has 94 valence electrons. The zero-order valence-corrected chi connectivity index (χ0v) is 10.6. The van der Waals surface area contributed by atoms with Crippen molar-refractivity contribution in [1.29, 1.82) is 0 Å². The molecule has 2 unspecified atom stereocenters. The van der Waals surface area contributed by atoms with Crippen molar-refractivity contribution in [2.75, 3.05) is 0 Å². The molecule has 17 heavy (non-hydrogen) atoms. The first kappa shape index (κ1) is 12.5. The summed E-state index contributed by atoms with van der Waals surface area (Å²) in [5, 5.41) is -2.53. The Labute approximate surface area is 101 Å². The molecule has 1 fully saturated rings. The lowest BCUT2D eigenvalue weighted by atomic mass is 10.1. The number of hydrogen-bond donors (Lipinski definition) is 0. The van der Waals surface area contributed by atoms with Crippen molar-refractivity contribution < 1.29 is 17.5 Å². The van der Waals surface area contributed by atoms with E-state index in [1.807, 2.05) is 13.8 Å². The molecule has 0 radical (unpaired) electrons. The van der Waals surface area contributed by atoms with Crippen LogP contribution in [0.4, 0.5) is 4.39 Å². The molecule has 0 N–H and O–H groups in total. The van der Waals surface area contributed by atoms with Gasteiger partial charge in [-0.15, -0.1) is 0 Å². The number of rotatable bonds is 4. The largest absolute Gasteiger partial charge is 0.342 e. The molecule has 1 aromatic rings. The molecular formula is C12H15FO3S. The fourth-order valence-electron chi connectivity index (χ4n) is 1.77. The minimum absolute atomic E-state index is 0.0336. The van der Waals surface area contributed by atoms with Crippen molar-refractivity contribution in [3.05, 3.63) is 30.3 Å². The Hall–Kier alpha value is -0.940. The quantitative estimate of drug-likeness (QED) is 0.780. The Bertz CT molecular complexity index is 498. The highest BCUT2D eigenvalue weighted by atomic mass is 32.2. The van der Waals surface area contributed by atoms with Gasteiger partial charge in [-0.1, -0.05) is 32.0 Å². The predicted molar refractivity (Wildman–Crippen MR) is 61.8 cm³/mol. The SMILES string of the molecule is CC(C)CC1OC1(F)S(=O)(=O)c1ccccc1. The summed E-state index contributed by atoms with van der Waals surface area (Å²) >= 11 is 0. The Kier molecular flexibility index (Phi) is 2.99. The third kappa shape index (κ3) is 2.09. The fraction of sp³-hybridized carbons (Fsp3) is 0.500. The standard InChI is InChI=1S/C12H15FO3S/c1-9(2)8-11-12(13,16-11)17(14,15)10-6-4-3-5-7-10/h3-7,9,11H,8H2,1-2H3. The summed E-state index contributed by atoms with van der Waals surface area (Å²) in [5.41, 5.74) is 0. The minimum atomic E-state index is -4.05. The lowest BCUT2D eigenvalue weighted by Crippen LogP contribution is -2.23. The summed E-state index contributed by atoms with van der Waals surface area (Å²) < 4.78 is 43.0. The van der Waals surface area contributed by atoms with E-state index in [2.05, 4.69) is 0 Å². The molecule has 5 heteroatoms. The van der Waals surface area contributed by atoms with Crippen LogP contribution in [-0.4, -0.2) is 19.7 Å². The van der Waals surface area contributed by atoms with Gasteiger partial charge in [0, 0.05) is 0 Å². The van der Waals surface area contributed by atoms with Gasteiger partial charge in [-0.2, -0.15) is 4.39 Å². The average molecular weight is 258 g/mol. The molecule has 0 spiro atoms. The van der Waals surface area contributed by atoms with Gasteiger partial charge in [0.05, 0.1) is 4.90 Å². The molecule has 0 amide bonds. The number of ether oxygens (including phenoxy) is 1. The number of benzene rings is 1. The highest BCUT2D eigenvalue weighted by Crippen LogP contribution is 2.48. The molecule has 0 aromatic heterocycles. The Morgan fingerprint density at radius 2 is 1.94 bits per heavy atom. The highest BCUT2D eigenvalue weighted by molar-refractivity contribution is 7.92. The number of alkyl halides is 1. The topological polar surface area (TPSA) is 46.7 Å². The molecule has 0 bridgehead atoms. The zero-order chi connectivity index (χ0) is 12.7. The number of hydrogen-bond acceptors (Lipinski definition) is 3. The molecule has 0 saturated carbocycles. The van der Waals surface area contributed by atoms with Crippen molar-refractivity contribution in [2.24, 2.45) is 5.92 Å². The van der Waals surface area contributed by atoms with Crippen LogP contribution in [0.2, 0.25) is 0 Å². The minimum Gasteiger partial charge on any atom is -0.321 e. The second kappa shape index (κ2) is 4.07. The lowest BCUT2D eigenvalue weighted by Gasteiger charge is -2.06. The zero-order valence-electron chi connectivity index (χ0n) is 9.76. The van der Waals surface area contributed by atoms with E-state index < -0.39 is 21.1 Å². The van der Waals surface area contributed by atoms with Gasteiger partial charge >= 0.3 is 5.19 Å². The van der Waals surface area contributed by atoms with Crippen molar-refractivity contribution in [1.82, 2.24) is 0 Å². The van der Waals surface area contributed by atoms with Crippen LogP contribution in [0.3, 0.4) is 0 Å². The first-order chi connectivity index (χ1) is 7.88. The summed E-state index contributed by atoms with van der Waals surface area (Å²) in [4.78, 5) is -0.0336. The maximum Gasteiger partial charge on any atom is 0.342 e. The summed E-state index contributed by atoms with van der Waals surface area (Å²) in [6.45, 7) is 3.80. The van der Waals surface area contributed by atoms with Crippen LogP contribution >= 0.6 is 0 Å². The first-order valence-electron chi connectivity index (χ1n) is 5.54. The van der Waals surface area contributed by atoms with E-state index in [0.717, 1.165) is 0 Å². The van der Waals surface area contributed by atoms with Crippen LogP contribution in [0.5, 0.6) is 0 Å². The van der Waals surface area contributed by atoms with E-state index in [0.29, 0.717) is 6.42 Å². The van der Waals surface area contributed by atoms with Gasteiger partial charge in [-0.25, -0.2) is 8.42 Å². The van der Waals surface area contributed by atoms with Crippen LogP contribution in [0.25, 0.3) is 0 Å². The highest BCUT2D eigenvalue weighted by Gasteiger charge is 2.68. The van der Waals surface area contributed by atoms with E-state index in [4.69, 9.17) is 4.74 Å². The molecule has 1 aliphatic rings. The van der Waals surface area contributed by atoms with Gasteiger partial charge < -0.3 is 4.74 Å². The number of halogens is 1. The van der Waals surface area contributed by atoms with E-state index in [1.165, 1.54) is 12.1 Å². The van der Waals surface area contributed by atoms with Crippen LogP contribution in [0.15, 0.2) is 35.2 Å². The van der Waals surface area contributed by atoms with Gasteiger partial charge in [-0.05, 0) is 24.5 Å². The van der Waals surface area contributed by atoms with Crippen molar-refractivity contribution in [3.63, 3.8) is 0 Å². The molecule has 3 nitrogen and oxygen atoms in total. The maximum atomic E-state index is 14.2. The van der Waals surface area contributed by atoms with Gasteiger partial charge in [0.25, 0.3) is 0 Å². The van der Waals surface area contributed by atoms with E-state index in [-0.39, 0.29) is 10.8 Å². The van der Waals surface area contributed by atoms with Crippen molar-refractivity contribution >= 4 is 9.84 Å². The van der Waals surface area contributed by atoms with Crippen molar-refractivity contribution in [2.45, 2.75) is 36.5 Å². The van der Waals surface area contributed by atoms with E-state index in [1.54, 1.807) is 18.2 Å². The second-order valence-electron chi connectivity index (χ2n) is 4.63. The summed E-state index contributed by atoms with van der Waals surface area (Å²) in [5.74, 6) is 0.198. The molecule has 1 aromatic carbocycles. The monoisotopic (exact) mass is 258 g/mol. The maximum absolute atomic E-state index is 14.2. The third-order valence-corrected chi connectivity index (χ3v) is 4.72.